The molecule has 7 nitrogen and oxygen atoms in total. The van der Waals surface area contributed by atoms with Gasteiger partial charge in [-0.15, -0.1) is 0 Å². The maximum atomic E-state index is 12.6. The van der Waals surface area contributed by atoms with Crippen LogP contribution < -0.4 is 15.0 Å². The number of esters is 1. The normalized spacial score (nSPS) is 15.1. The molecule has 4 rings (SSSR count). The van der Waals surface area contributed by atoms with Gasteiger partial charge in [-0.3, -0.25) is 14.4 Å². The quantitative estimate of drug-likeness (QED) is 0.461. The molecule has 3 aromatic carbocycles. The molecule has 0 unspecified atom stereocenters. The molecule has 7 heteroatoms. The van der Waals surface area contributed by atoms with Gasteiger partial charge in [-0.2, -0.15) is 0 Å². The fraction of sp³-hybridized carbons (Fsp3) is 0.276. The lowest BCUT2D eigenvalue weighted by atomic mass is 10.1. The van der Waals surface area contributed by atoms with Gasteiger partial charge in [0, 0.05) is 24.3 Å². The Morgan fingerprint density at radius 1 is 0.917 bits per heavy atom. The zero-order valence-corrected chi connectivity index (χ0v) is 21.0. The first-order valence-corrected chi connectivity index (χ1v) is 11.9. The van der Waals surface area contributed by atoms with E-state index in [0.717, 1.165) is 22.4 Å². The molecule has 1 fully saturated rings. The van der Waals surface area contributed by atoms with E-state index in [-0.39, 0.29) is 18.9 Å². The molecule has 1 atom stereocenters. The lowest BCUT2D eigenvalue weighted by Gasteiger charge is -2.17. The van der Waals surface area contributed by atoms with Crippen molar-refractivity contribution in [3.05, 3.63) is 82.9 Å². The molecule has 0 aliphatic carbocycles. The van der Waals surface area contributed by atoms with Crippen molar-refractivity contribution in [2.45, 2.75) is 34.1 Å². The zero-order chi connectivity index (χ0) is 25.8. The number of benzene rings is 3. The summed E-state index contributed by atoms with van der Waals surface area (Å²) in [5, 5.41) is 2.76. The van der Waals surface area contributed by atoms with E-state index in [1.54, 1.807) is 35.2 Å². The van der Waals surface area contributed by atoms with Crippen LogP contribution in [-0.2, 0) is 19.1 Å². The van der Waals surface area contributed by atoms with Gasteiger partial charge in [-0.25, -0.2) is 0 Å². The number of anilines is 2. The van der Waals surface area contributed by atoms with Gasteiger partial charge in [0.2, 0.25) is 5.91 Å². The Morgan fingerprint density at radius 3 is 2.36 bits per heavy atom. The van der Waals surface area contributed by atoms with E-state index >= 15 is 0 Å². The van der Waals surface area contributed by atoms with Crippen LogP contribution >= 0.6 is 0 Å². The summed E-state index contributed by atoms with van der Waals surface area (Å²) in [5.41, 5.74) is 5.71. The Kier molecular flexibility index (Phi) is 7.38. The number of carbonyl (C=O) groups excluding carboxylic acids is 3. The zero-order valence-electron chi connectivity index (χ0n) is 21.0. The third-order valence-corrected chi connectivity index (χ3v) is 6.55. The molecule has 1 aliphatic rings. The predicted octanol–water partition coefficient (Wildman–Crippen LogP) is 5.25. The minimum atomic E-state index is -0.627. The molecule has 1 aliphatic heterocycles. The van der Waals surface area contributed by atoms with E-state index in [2.05, 4.69) is 5.32 Å². The summed E-state index contributed by atoms with van der Waals surface area (Å²) in [6.07, 6.45) is 0.0400. The van der Waals surface area contributed by atoms with E-state index in [9.17, 15) is 14.4 Å². The fourth-order valence-electron chi connectivity index (χ4n) is 4.05. The molecule has 0 saturated carbocycles. The highest BCUT2D eigenvalue weighted by Crippen LogP contribution is 2.30. The summed E-state index contributed by atoms with van der Waals surface area (Å²) in [5.74, 6) is -0.377. The van der Waals surface area contributed by atoms with Gasteiger partial charge in [-0.1, -0.05) is 18.2 Å². The Hall–Kier alpha value is -4.13. The van der Waals surface area contributed by atoms with Gasteiger partial charge in [0.05, 0.1) is 5.92 Å². The van der Waals surface area contributed by atoms with Crippen molar-refractivity contribution < 1.29 is 23.9 Å². The second-order valence-corrected chi connectivity index (χ2v) is 9.15. The molecule has 1 N–H and O–H groups in total. The number of amides is 2. The van der Waals surface area contributed by atoms with Crippen LogP contribution in [0.15, 0.2) is 60.7 Å². The van der Waals surface area contributed by atoms with Crippen molar-refractivity contribution >= 4 is 29.2 Å². The van der Waals surface area contributed by atoms with E-state index < -0.39 is 24.4 Å². The van der Waals surface area contributed by atoms with Crippen LogP contribution in [0, 0.1) is 33.6 Å². The lowest BCUT2D eigenvalue weighted by molar-refractivity contribution is -0.151. The molecule has 186 valence electrons. The monoisotopic (exact) mass is 486 g/mol. The first-order chi connectivity index (χ1) is 17.2. The minimum Gasteiger partial charge on any atom is -0.457 e. The van der Waals surface area contributed by atoms with Gasteiger partial charge in [0.25, 0.3) is 5.91 Å². The molecule has 0 bridgehead atoms. The lowest BCUT2D eigenvalue weighted by Crippen LogP contribution is -2.28. The van der Waals surface area contributed by atoms with Crippen LogP contribution in [0.4, 0.5) is 11.4 Å². The van der Waals surface area contributed by atoms with Crippen molar-refractivity contribution in [2.24, 2.45) is 5.92 Å². The molecule has 0 aromatic heterocycles. The highest BCUT2D eigenvalue weighted by Gasteiger charge is 2.36. The molecule has 2 amide bonds. The van der Waals surface area contributed by atoms with E-state index in [1.165, 1.54) is 5.56 Å². The summed E-state index contributed by atoms with van der Waals surface area (Å²) >= 11 is 0. The standard InChI is InChI=1S/C29H30N2O5/c1-18-8-11-25(14-20(18)3)36-24-12-9-23(10-13-24)31-16-22(15-28(31)33)29(34)35-17-27(32)30-26-7-5-6-19(2)21(26)4/h5-14,22H,15-17H2,1-4H3,(H,30,32)/t22-/m0/s1. The summed E-state index contributed by atoms with van der Waals surface area (Å²) in [7, 11) is 0. The largest absolute Gasteiger partial charge is 0.457 e. The summed E-state index contributed by atoms with van der Waals surface area (Å²) in [4.78, 5) is 39.0. The van der Waals surface area contributed by atoms with Gasteiger partial charge in [0.1, 0.15) is 11.5 Å². The average Bonchev–Trinajstić information content (AvgIpc) is 3.25. The van der Waals surface area contributed by atoms with Crippen molar-refractivity contribution in [1.29, 1.82) is 0 Å². The topological polar surface area (TPSA) is 84.9 Å². The number of ether oxygens (including phenoxy) is 2. The third kappa shape index (κ3) is 5.74. The number of nitrogens with one attached hydrogen (secondary N) is 1. The predicted molar refractivity (Wildman–Crippen MR) is 138 cm³/mol. The van der Waals surface area contributed by atoms with Gasteiger partial charge in [0.15, 0.2) is 6.61 Å². The van der Waals surface area contributed by atoms with Crippen LogP contribution in [0.2, 0.25) is 0 Å². The second-order valence-electron chi connectivity index (χ2n) is 9.15. The highest BCUT2D eigenvalue weighted by atomic mass is 16.5. The molecule has 1 heterocycles. The maximum absolute atomic E-state index is 12.6. The van der Waals surface area contributed by atoms with Crippen molar-refractivity contribution in [1.82, 2.24) is 0 Å². The number of nitrogens with zero attached hydrogens (tertiary/aromatic N) is 1. The van der Waals surface area contributed by atoms with Gasteiger partial charge >= 0.3 is 5.97 Å². The van der Waals surface area contributed by atoms with Crippen LogP contribution in [0.1, 0.15) is 28.7 Å². The number of hydrogen-bond acceptors (Lipinski definition) is 5. The Balaban J connectivity index is 1.30. The first-order valence-electron chi connectivity index (χ1n) is 11.9. The third-order valence-electron chi connectivity index (χ3n) is 6.55. The number of carbonyl (C=O) groups is 3. The summed E-state index contributed by atoms with van der Waals surface area (Å²) < 4.78 is 11.1. The maximum Gasteiger partial charge on any atom is 0.311 e. The van der Waals surface area contributed by atoms with E-state index in [0.29, 0.717) is 17.1 Å². The Bertz CT molecular complexity index is 1300. The van der Waals surface area contributed by atoms with E-state index in [4.69, 9.17) is 9.47 Å². The summed E-state index contributed by atoms with van der Waals surface area (Å²) in [6.45, 7) is 7.75. The van der Waals surface area contributed by atoms with Crippen molar-refractivity contribution in [3.8, 4) is 11.5 Å². The van der Waals surface area contributed by atoms with Crippen molar-refractivity contribution in [2.75, 3.05) is 23.4 Å². The Labute approximate surface area is 211 Å². The smallest absolute Gasteiger partial charge is 0.311 e. The molecule has 1 saturated heterocycles. The van der Waals surface area contributed by atoms with Crippen LogP contribution in [0.3, 0.4) is 0 Å². The Morgan fingerprint density at radius 2 is 1.64 bits per heavy atom. The van der Waals surface area contributed by atoms with Crippen LogP contribution in [-0.4, -0.2) is 30.9 Å². The first kappa shape index (κ1) is 25.0. The molecule has 0 radical (unpaired) electrons. The SMILES string of the molecule is Cc1ccc(Oc2ccc(N3C[C@@H](C(=O)OCC(=O)Nc4cccc(C)c4C)CC3=O)cc2)cc1C. The van der Waals surface area contributed by atoms with Crippen molar-refractivity contribution in [3.63, 3.8) is 0 Å². The molecule has 0 spiro atoms. The van der Waals surface area contributed by atoms with Crippen LogP contribution in [0.5, 0.6) is 11.5 Å². The molecular weight excluding hydrogens is 456 g/mol. The van der Waals surface area contributed by atoms with Gasteiger partial charge < -0.3 is 19.7 Å². The highest BCUT2D eigenvalue weighted by molar-refractivity contribution is 6.00. The van der Waals surface area contributed by atoms with E-state index in [1.807, 2.05) is 58.0 Å². The molecule has 36 heavy (non-hydrogen) atoms. The molecule has 3 aromatic rings. The average molecular weight is 487 g/mol. The summed E-state index contributed by atoms with van der Waals surface area (Å²) in [6, 6.07) is 18.7. The number of hydrogen-bond donors (Lipinski definition) is 1. The van der Waals surface area contributed by atoms with Gasteiger partial charge in [-0.05, 0) is 92.4 Å². The molecular formula is C29H30N2O5. The minimum absolute atomic E-state index is 0.0400. The second kappa shape index (κ2) is 10.6. The van der Waals surface area contributed by atoms with Crippen LogP contribution in [0.25, 0.3) is 0 Å². The number of aryl methyl sites for hydroxylation is 3. The fourth-order valence-corrected chi connectivity index (χ4v) is 4.05. The number of rotatable bonds is 7.